The molecule has 8 heteroatoms. The van der Waals surface area contributed by atoms with Gasteiger partial charge in [-0.25, -0.2) is 0 Å². The van der Waals surface area contributed by atoms with Crippen molar-refractivity contribution in [3.63, 3.8) is 0 Å². The Balaban J connectivity index is 3.06. The van der Waals surface area contributed by atoms with Gasteiger partial charge in [0.1, 0.15) is 5.71 Å². The van der Waals surface area contributed by atoms with E-state index in [9.17, 15) is 18.3 Å². The van der Waals surface area contributed by atoms with E-state index in [1.165, 1.54) is 6.08 Å². The number of nitrogens with one attached hydrogen (secondary N) is 3. The van der Waals surface area contributed by atoms with Crippen LogP contribution in [0.4, 0.5) is 13.2 Å². The van der Waals surface area contributed by atoms with Gasteiger partial charge in [0.05, 0.1) is 11.3 Å². The highest BCUT2D eigenvalue weighted by Gasteiger charge is 2.32. The van der Waals surface area contributed by atoms with Crippen LogP contribution in [0.25, 0.3) is 0 Å². The van der Waals surface area contributed by atoms with Crippen LogP contribution in [0.3, 0.4) is 0 Å². The third-order valence-electron chi connectivity index (χ3n) is 3.54. The summed E-state index contributed by atoms with van der Waals surface area (Å²) >= 11 is 1.69. The Morgan fingerprint density at radius 2 is 1.93 bits per heavy atom. The average Bonchev–Trinajstić information content (AvgIpc) is 2.55. The molecule has 1 aliphatic carbocycles. The van der Waals surface area contributed by atoms with Crippen LogP contribution in [0.5, 0.6) is 0 Å². The Kier molecular flexibility index (Phi) is 8.30. The Morgan fingerprint density at radius 1 is 1.26 bits per heavy atom. The SMILES string of the molecule is CSCCN/C=C1C=C(/C=C/C=C\C(=N)C(F)(F)F)C(C(C)(C)O)=CC/1=N. The zero-order valence-corrected chi connectivity index (χ0v) is 16.3. The highest BCUT2D eigenvalue weighted by molar-refractivity contribution is 7.98. The molecule has 0 radical (unpaired) electrons. The number of halogens is 3. The molecule has 0 saturated carbocycles. The van der Waals surface area contributed by atoms with Crippen LogP contribution >= 0.6 is 11.8 Å². The molecule has 1 rings (SSSR count). The quantitative estimate of drug-likeness (QED) is 0.281. The van der Waals surface area contributed by atoms with E-state index < -0.39 is 17.5 Å². The van der Waals surface area contributed by atoms with Gasteiger partial charge in [0.2, 0.25) is 0 Å². The number of hydrogen-bond donors (Lipinski definition) is 4. The molecule has 0 spiro atoms. The second-order valence-corrected chi connectivity index (χ2v) is 7.29. The lowest BCUT2D eigenvalue weighted by Gasteiger charge is -2.26. The van der Waals surface area contributed by atoms with Crippen molar-refractivity contribution in [2.45, 2.75) is 25.6 Å². The van der Waals surface area contributed by atoms with Crippen LogP contribution in [0.1, 0.15) is 13.8 Å². The zero-order chi connectivity index (χ0) is 20.7. The third-order valence-corrected chi connectivity index (χ3v) is 4.16. The van der Waals surface area contributed by atoms with E-state index in [1.807, 2.05) is 6.26 Å². The van der Waals surface area contributed by atoms with Gasteiger partial charge < -0.3 is 15.8 Å². The van der Waals surface area contributed by atoms with Crippen LogP contribution in [-0.4, -0.2) is 46.9 Å². The Hall–Kier alpha value is -2.06. The number of aliphatic hydroxyl groups is 1. The van der Waals surface area contributed by atoms with Gasteiger partial charge >= 0.3 is 6.18 Å². The molecule has 4 N–H and O–H groups in total. The first kappa shape index (κ1) is 23.0. The minimum absolute atomic E-state index is 0.232. The van der Waals surface area contributed by atoms with Crippen LogP contribution in [0.15, 0.2) is 59.4 Å². The number of alkyl halides is 3. The molecular weight excluding hydrogens is 375 g/mol. The van der Waals surface area contributed by atoms with Crippen molar-refractivity contribution in [2.24, 2.45) is 0 Å². The fraction of sp³-hybridized carbons (Fsp3) is 0.368. The molecule has 1 aliphatic rings. The van der Waals surface area contributed by atoms with Crippen molar-refractivity contribution in [3.05, 3.63) is 59.4 Å². The van der Waals surface area contributed by atoms with Crippen LogP contribution in [0, 0.1) is 10.8 Å². The minimum Gasteiger partial charge on any atom is -0.390 e. The van der Waals surface area contributed by atoms with Gasteiger partial charge in [-0.05, 0) is 49.5 Å². The van der Waals surface area contributed by atoms with Crippen molar-refractivity contribution < 1.29 is 18.3 Å². The summed E-state index contributed by atoms with van der Waals surface area (Å²) in [6.45, 7) is 3.89. The van der Waals surface area contributed by atoms with E-state index in [4.69, 9.17) is 10.8 Å². The highest BCUT2D eigenvalue weighted by atomic mass is 32.2. The maximum Gasteiger partial charge on any atom is 0.432 e. The molecule has 0 saturated heterocycles. The number of hydrogen-bond acceptors (Lipinski definition) is 5. The highest BCUT2D eigenvalue weighted by Crippen LogP contribution is 2.30. The molecular formula is C19H24F3N3OS. The van der Waals surface area contributed by atoms with Crippen molar-refractivity contribution in [3.8, 4) is 0 Å². The van der Waals surface area contributed by atoms with Gasteiger partial charge in [0.25, 0.3) is 0 Å². The summed E-state index contributed by atoms with van der Waals surface area (Å²) in [5.74, 6) is 0.911. The molecule has 148 valence electrons. The second-order valence-electron chi connectivity index (χ2n) is 6.31. The van der Waals surface area contributed by atoms with E-state index in [-0.39, 0.29) is 5.71 Å². The van der Waals surface area contributed by atoms with Gasteiger partial charge in [0.15, 0.2) is 0 Å². The van der Waals surface area contributed by atoms with E-state index in [2.05, 4.69) is 5.32 Å². The molecule has 0 aromatic rings. The lowest BCUT2D eigenvalue weighted by molar-refractivity contribution is -0.0584. The first-order valence-electron chi connectivity index (χ1n) is 8.15. The first-order chi connectivity index (χ1) is 12.5. The lowest BCUT2D eigenvalue weighted by atomic mass is 9.84. The predicted octanol–water partition coefficient (Wildman–Crippen LogP) is 4.17. The summed E-state index contributed by atoms with van der Waals surface area (Å²) in [5.41, 5.74) is -0.749. The molecule has 0 atom stereocenters. The van der Waals surface area contributed by atoms with E-state index in [0.29, 0.717) is 22.8 Å². The topological polar surface area (TPSA) is 80.0 Å². The summed E-state index contributed by atoms with van der Waals surface area (Å²) < 4.78 is 37.0. The Bertz CT molecular complexity index is 723. The summed E-state index contributed by atoms with van der Waals surface area (Å²) in [7, 11) is 0. The summed E-state index contributed by atoms with van der Waals surface area (Å²) in [6.07, 6.45) is 6.97. The van der Waals surface area contributed by atoms with Gasteiger partial charge in [0, 0.05) is 24.1 Å². The van der Waals surface area contributed by atoms with E-state index in [0.717, 1.165) is 18.4 Å². The number of thioether (sulfide) groups is 1. The van der Waals surface area contributed by atoms with E-state index in [1.54, 1.807) is 50.0 Å². The van der Waals surface area contributed by atoms with Crippen LogP contribution in [-0.2, 0) is 0 Å². The molecule has 0 unspecified atom stereocenters. The van der Waals surface area contributed by atoms with Crippen molar-refractivity contribution in [1.82, 2.24) is 5.32 Å². The maximum atomic E-state index is 12.3. The van der Waals surface area contributed by atoms with Gasteiger partial charge in [-0.1, -0.05) is 18.2 Å². The van der Waals surface area contributed by atoms with Gasteiger partial charge in [-0.3, -0.25) is 5.41 Å². The Morgan fingerprint density at radius 3 is 2.48 bits per heavy atom. The summed E-state index contributed by atoms with van der Waals surface area (Å²) in [6, 6.07) is 0. The number of allylic oxidation sites excluding steroid dienone is 7. The van der Waals surface area contributed by atoms with Crippen LogP contribution < -0.4 is 5.32 Å². The molecule has 0 aromatic heterocycles. The molecule has 27 heavy (non-hydrogen) atoms. The molecule has 0 aromatic carbocycles. The fourth-order valence-electron chi connectivity index (χ4n) is 2.17. The molecule has 0 amide bonds. The molecule has 0 fully saturated rings. The number of rotatable bonds is 8. The summed E-state index contributed by atoms with van der Waals surface area (Å²) in [4.78, 5) is 0. The summed E-state index contributed by atoms with van der Waals surface area (Å²) in [5, 5.41) is 28.5. The van der Waals surface area contributed by atoms with Gasteiger partial charge in [-0.2, -0.15) is 24.9 Å². The average molecular weight is 399 g/mol. The zero-order valence-electron chi connectivity index (χ0n) is 15.4. The predicted molar refractivity (Wildman–Crippen MR) is 107 cm³/mol. The van der Waals surface area contributed by atoms with Crippen molar-refractivity contribution in [1.29, 1.82) is 10.8 Å². The second kappa shape index (κ2) is 9.75. The van der Waals surface area contributed by atoms with E-state index >= 15 is 0 Å². The normalized spacial score (nSPS) is 17.6. The van der Waals surface area contributed by atoms with Crippen molar-refractivity contribution >= 4 is 23.2 Å². The minimum atomic E-state index is -4.68. The standard InChI is InChI=1S/C19H24F3N3OS/c1-18(2,26)15-11-16(23)14(12-25-8-9-27-3)10-13(15)6-4-5-7-17(24)19(20,21)22/h4-7,10-12,23-26H,8-9H2,1-3H3/b6-4+,7-5-,14-12-,23-16?,24-17?. The maximum absolute atomic E-state index is 12.3. The van der Waals surface area contributed by atoms with Crippen molar-refractivity contribution in [2.75, 3.05) is 18.6 Å². The molecule has 4 nitrogen and oxygen atoms in total. The molecule has 0 heterocycles. The fourth-order valence-corrected chi connectivity index (χ4v) is 2.49. The largest absolute Gasteiger partial charge is 0.432 e. The van der Waals surface area contributed by atoms with Gasteiger partial charge in [-0.15, -0.1) is 0 Å². The monoisotopic (exact) mass is 399 g/mol. The molecule has 0 bridgehead atoms. The Labute approximate surface area is 161 Å². The van der Waals surface area contributed by atoms with Crippen LogP contribution in [0.2, 0.25) is 0 Å². The first-order valence-corrected chi connectivity index (χ1v) is 9.54. The lowest BCUT2D eigenvalue weighted by Crippen LogP contribution is -2.26. The smallest absolute Gasteiger partial charge is 0.390 e. The molecule has 0 aliphatic heterocycles. The third kappa shape index (κ3) is 7.60.